The SMILES string of the molecule is CN(C)c1cnnc(N2CCN(C(=O)c3ccc([N+](=O)[O-])cc3Cl)CC2)c1. The van der Waals surface area contributed by atoms with Crippen LogP contribution in [0.3, 0.4) is 0 Å². The first-order valence-electron chi connectivity index (χ1n) is 8.35. The Kier molecular flexibility index (Phi) is 5.41. The van der Waals surface area contributed by atoms with E-state index in [4.69, 9.17) is 11.6 Å². The first-order valence-corrected chi connectivity index (χ1v) is 8.73. The van der Waals surface area contributed by atoms with Crippen molar-refractivity contribution in [2.45, 2.75) is 0 Å². The van der Waals surface area contributed by atoms with E-state index in [2.05, 4.69) is 15.1 Å². The highest BCUT2D eigenvalue weighted by atomic mass is 35.5. The number of amides is 1. The highest BCUT2D eigenvalue weighted by Gasteiger charge is 2.25. The largest absolute Gasteiger partial charge is 0.376 e. The molecular formula is C17H19ClN6O3. The van der Waals surface area contributed by atoms with Crippen molar-refractivity contribution in [1.82, 2.24) is 15.1 Å². The van der Waals surface area contributed by atoms with E-state index in [0.29, 0.717) is 26.2 Å². The molecule has 0 aliphatic carbocycles. The molecule has 9 nitrogen and oxygen atoms in total. The van der Waals surface area contributed by atoms with Crippen LogP contribution in [0.25, 0.3) is 0 Å². The Bertz CT molecular complexity index is 867. The Labute approximate surface area is 161 Å². The van der Waals surface area contributed by atoms with Gasteiger partial charge >= 0.3 is 0 Å². The number of halogens is 1. The van der Waals surface area contributed by atoms with Crippen LogP contribution in [-0.4, -0.2) is 66.2 Å². The number of carbonyl (C=O) groups is 1. The van der Waals surface area contributed by atoms with Crippen molar-refractivity contribution in [1.29, 1.82) is 0 Å². The smallest absolute Gasteiger partial charge is 0.270 e. The maximum atomic E-state index is 12.7. The monoisotopic (exact) mass is 390 g/mol. The van der Waals surface area contributed by atoms with E-state index in [9.17, 15) is 14.9 Å². The fraction of sp³-hybridized carbons (Fsp3) is 0.353. The molecule has 1 fully saturated rings. The van der Waals surface area contributed by atoms with Gasteiger partial charge in [0.2, 0.25) is 0 Å². The molecule has 1 amide bonds. The van der Waals surface area contributed by atoms with E-state index >= 15 is 0 Å². The van der Waals surface area contributed by atoms with Crippen molar-refractivity contribution in [3.05, 3.63) is 51.2 Å². The zero-order valence-corrected chi connectivity index (χ0v) is 15.8. The van der Waals surface area contributed by atoms with Crippen molar-refractivity contribution in [2.75, 3.05) is 50.1 Å². The van der Waals surface area contributed by atoms with Crippen LogP contribution in [-0.2, 0) is 0 Å². The minimum absolute atomic E-state index is 0.0844. The van der Waals surface area contributed by atoms with Gasteiger partial charge in [-0.2, -0.15) is 5.10 Å². The molecule has 0 saturated carbocycles. The van der Waals surface area contributed by atoms with Gasteiger partial charge in [-0.1, -0.05) is 11.6 Å². The van der Waals surface area contributed by atoms with Crippen LogP contribution < -0.4 is 9.80 Å². The topological polar surface area (TPSA) is 95.7 Å². The number of hydrogen-bond donors (Lipinski definition) is 0. The van der Waals surface area contributed by atoms with Crippen molar-refractivity contribution in [3.63, 3.8) is 0 Å². The highest BCUT2D eigenvalue weighted by Crippen LogP contribution is 2.25. The van der Waals surface area contributed by atoms with Gasteiger partial charge in [0.1, 0.15) is 0 Å². The second-order valence-corrected chi connectivity index (χ2v) is 6.77. The molecule has 0 unspecified atom stereocenters. The summed E-state index contributed by atoms with van der Waals surface area (Å²) in [4.78, 5) is 28.7. The molecule has 1 aromatic carbocycles. The molecule has 142 valence electrons. The Morgan fingerprint density at radius 2 is 1.93 bits per heavy atom. The normalized spacial score (nSPS) is 14.2. The molecule has 10 heteroatoms. The van der Waals surface area contributed by atoms with E-state index in [1.807, 2.05) is 25.1 Å². The number of rotatable bonds is 4. The van der Waals surface area contributed by atoms with Gasteiger partial charge in [0, 0.05) is 58.5 Å². The molecule has 0 atom stereocenters. The number of aromatic nitrogens is 2. The maximum absolute atomic E-state index is 12.7. The predicted molar refractivity (Wildman–Crippen MR) is 103 cm³/mol. The molecule has 1 aliphatic heterocycles. The Hall–Kier alpha value is -2.94. The third-order valence-electron chi connectivity index (χ3n) is 4.43. The van der Waals surface area contributed by atoms with E-state index in [1.54, 1.807) is 11.1 Å². The van der Waals surface area contributed by atoms with Gasteiger partial charge in [-0.25, -0.2) is 0 Å². The summed E-state index contributed by atoms with van der Waals surface area (Å²) < 4.78 is 0. The first kappa shape index (κ1) is 18.8. The number of piperazine rings is 1. The molecule has 0 radical (unpaired) electrons. The summed E-state index contributed by atoms with van der Waals surface area (Å²) in [5, 5.41) is 19.1. The minimum atomic E-state index is -0.540. The summed E-state index contributed by atoms with van der Waals surface area (Å²) in [5.41, 5.74) is 1.09. The van der Waals surface area contributed by atoms with Crippen LogP contribution in [0, 0.1) is 10.1 Å². The lowest BCUT2D eigenvalue weighted by atomic mass is 10.1. The molecule has 1 saturated heterocycles. The van der Waals surface area contributed by atoms with Gasteiger partial charge < -0.3 is 14.7 Å². The molecule has 2 aromatic rings. The van der Waals surface area contributed by atoms with Crippen molar-refractivity contribution in [2.24, 2.45) is 0 Å². The lowest BCUT2D eigenvalue weighted by Crippen LogP contribution is -2.49. The summed E-state index contributed by atoms with van der Waals surface area (Å²) in [6, 6.07) is 5.85. The Balaban J connectivity index is 1.68. The number of anilines is 2. The summed E-state index contributed by atoms with van der Waals surface area (Å²) >= 11 is 6.07. The molecule has 0 bridgehead atoms. The van der Waals surface area contributed by atoms with Gasteiger partial charge in [0.05, 0.1) is 27.4 Å². The molecular weight excluding hydrogens is 372 g/mol. The van der Waals surface area contributed by atoms with Crippen LogP contribution >= 0.6 is 11.6 Å². The summed E-state index contributed by atoms with van der Waals surface area (Å²) in [7, 11) is 3.87. The van der Waals surface area contributed by atoms with Crippen molar-refractivity contribution < 1.29 is 9.72 Å². The van der Waals surface area contributed by atoms with Crippen LogP contribution in [0.4, 0.5) is 17.2 Å². The highest BCUT2D eigenvalue weighted by molar-refractivity contribution is 6.34. The number of carbonyl (C=O) groups excluding carboxylic acids is 1. The number of benzene rings is 1. The molecule has 0 spiro atoms. The van der Waals surface area contributed by atoms with Crippen LogP contribution in [0.15, 0.2) is 30.5 Å². The van der Waals surface area contributed by atoms with E-state index < -0.39 is 4.92 Å². The zero-order chi connectivity index (χ0) is 19.6. The van der Waals surface area contributed by atoms with Gasteiger partial charge in [-0.15, -0.1) is 5.10 Å². The fourth-order valence-corrected chi connectivity index (χ4v) is 3.10. The van der Waals surface area contributed by atoms with E-state index in [1.165, 1.54) is 18.2 Å². The molecule has 1 aliphatic rings. The van der Waals surface area contributed by atoms with Crippen molar-refractivity contribution in [3.8, 4) is 0 Å². The average molecular weight is 391 g/mol. The molecule has 27 heavy (non-hydrogen) atoms. The lowest BCUT2D eigenvalue weighted by Gasteiger charge is -2.35. The van der Waals surface area contributed by atoms with Crippen LogP contribution in [0.2, 0.25) is 5.02 Å². The number of nitrogens with zero attached hydrogens (tertiary/aromatic N) is 6. The maximum Gasteiger partial charge on any atom is 0.270 e. The second kappa shape index (κ2) is 7.75. The molecule has 2 heterocycles. The van der Waals surface area contributed by atoms with Crippen LogP contribution in [0.5, 0.6) is 0 Å². The van der Waals surface area contributed by atoms with E-state index in [-0.39, 0.29) is 22.2 Å². The zero-order valence-electron chi connectivity index (χ0n) is 15.0. The minimum Gasteiger partial charge on any atom is -0.376 e. The second-order valence-electron chi connectivity index (χ2n) is 6.37. The first-order chi connectivity index (χ1) is 12.9. The number of nitro groups is 1. The van der Waals surface area contributed by atoms with Crippen LogP contribution in [0.1, 0.15) is 10.4 Å². The van der Waals surface area contributed by atoms with Gasteiger partial charge in [-0.3, -0.25) is 14.9 Å². The van der Waals surface area contributed by atoms with Crippen molar-refractivity contribution >= 4 is 34.7 Å². The lowest BCUT2D eigenvalue weighted by molar-refractivity contribution is -0.384. The average Bonchev–Trinajstić information content (AvgIpc) is 2.67. The summed E-state index contributed by atoms with van der Waals surface area (Å²) in [6.07, 6.45) is 1.69. The Morgan fingerprint density at radius 3 is 2.52 bits per heavy atom. The van der Waals surface area contributed by atoms with E-state index in [0.717, 1.165) is 11.5 Å². The summed E-state index contributed by atoms with van der Waals surface area (Å²) in [5.74, 6) is 0.532. The van der Waals surface area contributed by atoms with Gasteiger partial charge in [-0.05, 0) is 6.07 Å². The fourth-order valence-electron chi connectivity index (χ4n) is 2.84. The van der Waals surface area contributed by atoms with Gasteiger partial charge in [0.25, 0.3) is 11.6 Å². The molecule has 0 N–H and O–H groups in total. The standard InChI is InChI=1S/C17H19ClN6O3/c1-21(2)13-10-16(20-19-11-13)22-5-7-23(8-6-22)17(25)14-4-3-12(24(26)27)9-15(14)18/h3-4,9-11H,5-8H2,1-2H3. The quantitative estimate of drug-likeness (QED) is 0.582. The molecule has 1 aromatic heterocycles. The third-order valence-corrected chi connectivity index (χ3v) is 4.74. The number of nitro benzene ring substituents is 1. The van der Waals surface area contributed by atoms with Gasteiger partial charge in [0.15, 0.2) is 5.82 Å². The third kappa shape index (κ3) is 4.08. The summed E-state index contributed by atoms with van der Waals surface area (Å²) in [6.45, 7) is 2.23. The Morgan fingerprint density at radius 1 is 1.22 bits per heavy atom. The number of non-ortho nitro benzene ring substituents is 1. The predicted octanol–water partition coefficient (Wildman–Crippen LogP) is 2.07. The number of hydrogen-bond acceptors (Lipinski definition) is 7. The molecule has 3 rings (SSSR count).